The number of hydrazone groups is 1. The molecule has 2 N–H and O–H groups in total. The molecule has 1 atom stereocenters. The SMILES string of the molecule is OCCN1C(c2cccs2)=NNC1C=S. The molecule has 0 aromatic carbocycles. The van der Waals surface area contributed by atoms with E-state index in [1.54, 1.807) is 16.7 Å². The summed E-state index contributed by atoms with van der Waals surface area (Å²) in [6, 6.07) is 3.98. The molecule has 6 heteroatoms. The number of nitrogens with one attached hydrogen (secondary N) is 1. The van der Waals surface area contributed by atoms with Crippen LogP contribution in [-0.4, -0.2) is 40.5 Å². The summed E-state index contributed by atoms with van der Waals surface area (Å²) in [7, 11) is 0. The van der Waals surface area contributed by atoms with Gasteiger partial charge in [-0.15, -0.1) is 11.3 Å². The molecule has 0 saturated carbocycles. The highest BCUT2D eigenvalue weighted by molar-refractivity contribution is 7.79. The van der Waals surface area contributed by atoms with Crippen LogP contribution in [0, 0.1) is 0 Å². The number of rotatable bonds is 4. The molecule has 15 heavy (non-hydrogen) atoms. The molecule has 0 aliphatic carbocycles. The van der Waals surface area contributed by atoms with Gasteiger partial charge in [0, 0.05) is 11.9 Å². The molecule has 0 fully saturated rings. The van der Waals surface area contributed by atoms with Crippen LogP contribution in [0.3, 0.4) is 0 Å². The molecule has 2 heterocycles. The molecule has 0 saturated heterocycles. The summed E-state index contributed by atoms with van der Waals surface area (Å²) in [5.74, 6) is 0.852. The molecule has 2 rings (SSSR count). The van der Waals surface area contributed by atoms with Gasteiger partial charge in [0.25, 0.3) is 0 Å². The molecule has 1 unspecified atom stereocenters. The molecule has 0 amide bonds. The molecule has 0 spiro atoms. The van der Waals surface area contributed by atoms with Gasteiger partial charge in [-0.05, 0) is 11.4 Å². The number of thiophene rings is 1. The predicted molar refractivity (Wildman–Crippen MR) is 65.2 cm³/mol. The summed E-state index contributed by atoms with van der Waals surface area (Å²) >= 11 is 6.52. The Morgan fingerprint density at radius 3 is 3.20 bits per heavy atom. The van der Waals surface area contributed by atoms with Gasteiger partial charge in [-0.2, -0.15) is 5.10 Å². The first-order valence-electron chi connectivity index (χ1n) is 4.56. The maximum absolute atomic E-state index is 8.99. The first-order chi connectivity index (χ1) is 7.36. The average molecular weight is 241 g/mol. The monoisotopic (exact) mass is 241 g/mol. The van der Waals surface area contributed by atoms with Crippen LogP contribution < -0.4 is 5.43 Å². The van der Waals surface area contributed by atoms with Crippen LogP contribution in [0.25, 0.3) is 0 Å². The van der Waals surface area contributed by atoms with E-state index in [2.05, 4.69) is 10.5 Å². The predicted octanol–water partition coefficient (Wildman–Crippen LogP) is 0.633. The van der Waals surface area contributed by atoms with E-state index in [0.717, 1.165) is 10.7 Å². The van der Waals surface area contributed by atoms with Crippen molar-refractivity contribution < 1.29 is 5.11 Å². The highest BCUT2D eigenvalue weighted by Crippen LogP contribution is 2.17. The van der Waals surface area contributed by atoms with E-state index in [0.29, 0.717) is 6.54 Å². The van der Waals surface area contributed by atoms with Crippen molar-refractivity contribution in [3.05, 3.63) is 22.4 Å². The number of aliphatic hydroxyl groups excluding tert-OH is 1. The zero-order chi connectivity index (χ0) is 10.7. The lowest BCUT2D eigenvalue weighted by Crippen LogP contribution is -2.42. The van der Waals surface area contributed by atoms with Gasteiger partial charge in [0.15, 0.2) is 5.84 Å². The van der Waals surface area contributed by atoms with Crippen LogP contribution in [0.15, 0.2) is 22.6 Å². The largest absolute Gasteiger partial charge is 0.395 e. The van der Waals surface area contributed by atoms with E-state index in [4.69, 9.17) is 17.3 Å². The lowest BCUT2D eigenvalue weighted by molar-refractivity contribution is 0.241. The van der Waals surface area contributed by atoms with Crippen LogP contribution >= 0.6 is 23.6 Å². The van der Waals surface area contributed by atoms with Crippen LogP contribution in [-0.2, 0) is 0 Å². The third-order valence-corrected chi connectivity index (χ3v) is 3.25. The molecule has 1 aromatic rings. The molecular formula is C9H11N3OS2. The smallest absolute Gasteiger partial charge is 0.167 e. The van der Waals surface area contributed by atoms with Crippen molar-refractivity contribution in [1.82, 2.24) is 10.3 Å². The van der Waals surface area contributed by atoms with Gasteiger partial charge in [0.05, 0.1) is 11.5 Å². The summed E-state index contributed by atoms with van der Waals surface area (Å²) in [4.78, 5) is 3.04. The van der Waals surface area contributed by atoms with E-state index in [-0.39, 0.29) is 12.8 Å². The molecule has 0 radical (unpaired) electrons. The van der Waals surface area contributed by atoms with Crippen molar-refractivity contribution in [2.24, 2.45) is 5.10 Å². The van der Waals surface area contributed by atoms with Crippen LogP contribution in [0.1, 0.15) is 4.88 Å². The van der Waals surface area contributed by atoms with Crippen molar-refractivity contribution in [2.75, 3.05) is 13.2 Å². The van der Waals surface area contributed by atoms with Gasteiger partial charge in [0.1, 0.15) is 6.17 Å². The third kappa shape index (κ3) is 2.01. The van der Waals surface area contributed by atoms with E-state index in [1.165, 1.54) is 0 Å². The maximum Gasteiger partial charge on any atom is 0.167 e. The lowest BCUT2D eigenvalue weighted by atomic mass is 10.3. The van der Waals surface area contributed by atoms with Gasteiger partial charge in [-0.25, -0.2) is 0 Å². The van der Waals surface area contributed by atoms with Crippen LogP contribution in [0.5, 0.6) is 0 Å². The Morgan fingerprint density at radius 2 is 2.60 bits per heavy atom. The van der Waals surface area contributed by atoms with Crippen molar-refractivity contribution in [3.63, 3.8) is 0 Å². The minimum Gasteiger partial charge on any atom is -0.395 e. The Hall–Kier alpha value is -0.980. The number of hydrogen-bond acceptors (Lipinski definition) is 6. The van der Waals surface area contributed by atoms with Crippen LogP contribution in [0.2, 0.25) is 0 Å². The highest BCUT2D eigenvalue weighted by atomic mass is 32.1. The van der Waals surface area contributed by atoms with Crippen molar-refractivity contribution in [3.8, 4) is 0 Å². The van der Waals surface area contributed by atoms with Gasteiger partial charge < -0.3 is 10.0 Å². The van der Waals surface area contributed by atoms with Crippen LogP contribution in [0.4, 0.5) is 0 Å². The fourth-order valence-corrected chi connectivity index (χ4v) is 2.39. The summed E-state index contributed by atoms with van der Waals surface area (Å²) in [6.07, 6.45) is -0.0933. The minimum atomic E-state index is -0.0933. The number of thiocarbonyl (C=S) groups is 1. The van der Waals surface area contributed by atoms with E-state index in [9.17, 15) is 0 Å². The second kappa shape index (κ2) is 4.69. The van der Waals surface area contributed by atoms with Crippen molar-refractivity contribution >= 4 is 34.8 Å². The quantitative estimate of drug-likeness (QED) is 0.759. The Bertz CT molecular complexity index is 363. The van der Waals surface area contributed by atoms with Gasteiger partial charge >= 0.3 is 0 Å². The lowest BCUT2D eigenvalue weighted by Gasteiger charge is -2.22. The second-order valence-electron chi connectivity index (χ2n) is 3.04. The maximum atomic E-state index is 8.99. The van der Waals surface area contributed by atoms with Crippen molar-refractivity contribution in [2.45, 2.75) is 6.17 Å². The molecule has 4 nitrogen and oxygen atoms in total. The fraction of sp³-hybridized carbons (Fsp3) is 0.333. The summed E-state index contributed by atoms with van der Waals surface area (Å²) in [5, 5.41) is 16.8. The Kier molecular flexibility index (Phi) is 3.30. The van der Waals surface area contributed by atoms with E-state index >= 15 is 0 Å². The van der Waals surface area contributed by atoms with Gasteiger partial charge in [0.2, 0.25) is 0 Å². The number of aliphatic hydroxyl groups is 1. The second-order valence-corrected chi connectivity index (χ2v) is 4.26. The molecule has 1 aliphatic heterocycles. The van der Waals surface area contributed by atoms with E-state index < -0.39 is 0 Å². The van der Waals surface area contributed by atoms with Crippen molar-refractivity contribution in [1.29, 1.82) is 0 Å². The topological polar surface area (TPSA) is 47.9 Å². The zero-order valence-corrected chi connectivity index (χ0v) is 9.59. The number of hydrogen-bond donors (Lipinski definition) is 2. The summed E-state index contributed by atoms with van der Waals surface area (Å²) in [5.41, 5.74) is 2.93. The summed E-state index contributed by atoms with van der Waals surface area (Å²) < 4.78 is 0. The zero-order valence-electron chi connectivity index (χ0n) is 7.96. The molecule has 1 aliphatic rings. The fourth-order valence-electron chi connectivity index (χ4n) is 1.45. The average Bonchev–Trinajstić information content (AvgIpc) is 2.85. The Morgan fingerprint density at radius 1 is 1.73 bits per heavy atom. The first kappa shape index (κ1) is 10.5. The minimum absolute atomic E-state index is 0.0890. The third-order valence-electron chi connectivity index (χ3n) is 2.12. The number of amidine groups is 1. The number of nitrogens with zero attached hydrogens (tertiary/aromatic N) is 2. The highest BCUT2D eigenvalue weighted by Gasteiger charge is 2.26. The molecular weight excluding hydrogens is 230 g/mol. The Balaban J connectivity index is 2.21. The summed E-state index contributed by atoms with van der Waals surface area (Å²) in [6.45, 7) is 0.618. The van der Waals surface area contributed by atoms with Gasteiger partial charge in [-0.3, -0.25) is 5.43 Å². The first-order valence-corrected chi connectivity index (χ1v) is 5.92. The van der Waals surface area contributed by atoms with Gasteiger partial charge in [-0.1, -0.05) is 18.3 Å². The molecule has 1 aromatic heterocycles. The standard InChI is InChI=1S/C9H11N3OS2/c13-4-3-12-8(6-14)10-11-9(12)7-2-1-5-15-7/h1-2,5-6,8,10,13H,3-4H2. The Labute approximate surface area is 97.2 Å². The molecule has 80 valence electrons. The van der Waals surface area contributed by atoms with E-state index in [1.807, 2.05) is 22.4 Å². The molecule has 0 bridgehead atoms. The number of β-amino-alcohol motifs (C(OH)–C–C–N with tert-alkyl or cyclic N) is 1. The normalized spacial score (nSPS) is 19.9.